The molecule has 3 heterocycles. The Morgan fingerprint density at radius 2 is 1.53 bits per heavy atom. The van der Waals surface area contributed by atoms with E-state index in [9.17, 15) is 14.7 Å². The van der Waals surface area contributed by atoms with E-state index >= 15 is 4.79 Å². The van der Waals surface area contributed by atoms with Gasteiger partial charge in [0.15, 0.2) is 0 Å². The van der Waals surface area contributed by atoms with Crippen molar-refractivity contribution in [1.82, 2.24) is 4.90 Å². The van der Waals surface area contributed by atoms with Gasteiger partial charge in [-0.2, -0.15) is 0 Å². The summed E-state index contributed by atoms with van der Waals surface area (Å²) in [6, 6.07) is 22.9. The van der Waals surface area contributed by atoms with Crippen molar-refractivity contribution in [3.8, 4) is 0 Å². The molecule has 0 aromatic heterocycles. The van der Waals surface area contributed by atoms with E-state index in [2.05, 4.69) is 20.1 Å². The zero-order valence-corrected chi connectivity index (χ0v) is 28.0. The van der Waals surface area contributed by atoms with Gasteiger partial charge in [0.05, 0.1) is 16.6 Å². The number of amides is 3. The second-order valence-corrected chi connectivity index (χ2v) is 15.1. The largest absolute Gasteiger partial charge is 0.396 e. The third-order valence-electron chi connectivity index (χ3n) is 10.4. The molecule has 2 unspecified atom stereocenters. The van der Waals surface area contributed by atoms with Crippen LogP contribution in [0.3, 0.4) is 0 Å². The number of anilines is 2. The molecule has 1 N–H and O–H groups in total. The first-order valence-corrected chi connectivity index (χ1v) is 17.6. The van der Waals surface area contributed by atoms with Gasteiger partial charge in [-0.25, -0.2) is 0 Å². The molecule has 0 aliphatic carbocycles. The molecule has 3 aliphatic rings. The third-order valence-corrected chi connectivity index (χ3v) is 12.3. The Bertz CT molecular complexity index is 1660. The lowest BCUT2D eigenvalue weighted by molar-refractivity contribution is -0.139. The summed E-state index contributed by atoms with van der Waals surface area (Å²) in [6.07, 6.45) is 8.04. The highest BCUT2D eigenvalue weighted by molar-refractivity contribution is 8.02. The first kappa shape index (κ1) is 33.0. The number of carbonyl (C=O) groups excluding carboxylic acids is 3. The topological polar surface area (TPSA) is 81.2 Å². The Hall–Kier alpha value is -3.88. The minimum absolute atomic E-state index is 0.0838. The molecule has 2 bridgehead atoms. The highest BCUT2D eigenvalue weighted by Crippen LogP contribution is 2.71. The number of likely N-dealkylation sites (tertiary alicyclic amines) is 1. The number of carbonyl (C=O) groups is 3. The van der Waals surface area contributed by atoms with Crippen molar-refractivity contribution in [2.24, 2.45) is 11.8 Å². The van der Waals surface area contributed by atoms with Gasteiger partial charge in [-0.15, -0.1) is 24.9 Å². The molecular formula is C39H45N3O4S. The minimum atomic E-state index is -0.721. The first-order valence-electron chi connectivity index (χ1n) is 16.8. The summed E-state index contributed by atoms with van der Waals surface area (Å²) < 4.78 is -1.20. The maximum atomic E-state index is 15.1. The van der Waals surface area contributed by atoms with E-state index in [0.717, 1.165) is 47.8 Å². The number of thioether (sulfide) groups is 1. The van der Waals surface area contributed by atoms with Crippen LogP contribution in [-0.2, 0) is 14.4 Å². The number of aliphatic hydroxyl groups is 1. The number of aliphatic hydroxyl groups excluding tert-OH is 1. The van der Waals surface area contributed by atoms with Crippen LogP contribution in [0.1, 0.15) is 45.4 Å². The highest BCUT2D eigenvalue weighted by Gasteiger charge is 2.77. The predicted molar refractivity (Wildman–Crippen MR) is 191 cm³/mol. The molecule has 3 aromatic rings. The monoisotopic (exact) mass is 651 g/mol. The Morgan fingerprint density at radius 3 is 2.23 bits per heavy atom. The molecule has 3 fully saturated rings. The zero-order chi connectivity index (χ0) is 33.2. The van der Waals surface area contributed by atoms with Crippen molar-refractivity contribution in [3.63, 3.8) is 0 Å². The van der Waals surface area contributed by atoms with Crippen LogP contribution in [0.5, 0.6) is 0 Å². The van der Waals surface area contributed by atoms with Crippen LogP contribution in [0, 0.1) is 11.8 Å². The molecule has 3 amide bonds. The molecule has 0 radical (unpaired) electrons. The molecule has 47 heavy (non-hydrogen) atoms. The molecule has 3 aromatic carbocycles. The fourth-order valence-corrected chi connectivity index (χ4v) is 10.6. The summed E-state index contributed by atoms with van der Waals surface area (Å²) >= 11 is 1.70. The maximum Gasteiger partial charge on any atom is 0.251 e. The number of para-hydroxylation sites is 1. The Kier molecular flexibility index (Phi) is 9.62. The van der Waals surface area contributed by atoms with Crippen LogP contribution in [0.25, 0.3) is 10.8 Å². The Labute approximate surface area is 282 Å². The maximum absolute atomic E-state index is 15.1. The molecule has 8 heteroatoms. The summed E-state index contributed by atoms with van der Waals surface area (Å²) in [5.41, 5.74) is 1.54. The van der Waals surface area contributed by atoms with Crippen molar-refractivity contribution >= 4 is 51.6 Å². The van der Waals surface area contributed by atoms with Crippen molar-refractivity contribution in [2.45, 2.75) is 61.0 Å². The lowest BCUT2D eigenvalue weighted by Gasteiger charge is -2.38. The van der Waals surface area contributed by atoms with Crippen LogP contribution in [0.15, 0.2) is 98.1 Å². The summed E-state index contributed by atoms with van der Waals surface area (Å²) in [5, 5.41) is 11.4. The van der Waals surface area contributed by atoms with Gasteiger partial charge in [0, 0.05) is 42.4 Å². The minimum Gasteiger partial charge on any atom is -0.396 e. The fourth-order valence-electron chi connectivity index (χ4n) is 8.24. The summed E-state index contributed by atoms with van der Waals surface area (Å²) in [7, 11) is 0. The number of hydrogen-bond acceptors (Lipinski definition) is 5. The van der Waals surface area contributed by atoms with E-state index in [0.29, 0.717) is 32.5 Å². The molecular weight excluding hydrogens is 607 g/mol. The summed E-state index contributed by atoms with van der Waals surface area (Å²) in [6.45, 7) is 11.2. The molecule has 246 valence electrons. The molecule has 7 nitrogen and oxygen atoms in total. The molecule has 0 saturated carbocycles. The van der Waals surface area contributed by atoms with Gasteiger partial charge in [-0.1, -0.05) is 73.5 Å². The second kappa shape index (κ2) is 13.7. The average molecular weight is 652 g/mol. The molecule has 1 spiro atoms. The normalized spacial score (nSPS) is 26.0. The summed E-state index contributed by atoms with van der Waals surface area (Å²) in [4.78, 5) is 49.8. The van der Waals surface area contributed by atoms with E-state index in [1.807, 2.05) is 77.7 Å². The number of hydrogen-bond donors (Lipinski definition) is 1. The van der Waals surface area contributed by atoms with Gasteiger partial charge in [0.1, 0.15) is 6.04 Å². The van der Waals surface area contributed by atoms with Crippen molar-refractivity contribution in [1.29, 1.82) is 0 Å². The number of benzene rings is 3. The van der Waals surface area contributed by atoms with Gasteiger partial charge in [0.2, 0.25) is 11.8 Å². The Morgan fingerprint density at radius 1 is 0.872 bits per heavy atom. The first-order chi connectivity index (χ1) is 22.8. The number of unbranched alkanes of at least 4 members (excludes halogenated alkanes) is 3. The van der Waals surface area contributed by atoms with E-state index in [1.165, 1.54) is 0 Å². The van der Waals surface area contributed by atoms with Crippen LogP contribution in [-0.4, -0.2) is 69.5 Å². The highest BCUT2D eigenvalue weighted by atomic mass is 32.2. The average Bonchev–Trinajstić information content (AvgIpc) is 3.66. The standard InChI is InChI=1S/C39H45N3O4S/c1-4-23-40(30-17-9-8-10-18-30)35(44)32-33-36(45)42(25-13-6-7-14-26-43)34(39(33)22-21-38(32,3)47-39)37(46)41(24-5-2)31-20-19-28-15-11-12-16-29(28)27-31/h4-5,8-12,15-20,27,32-34,43H,1-2,6-7,13-14,21-26H2,3H3/t32-,33-,34?,38+,39?/m0/s1. The van der Waals surface area contributed by atoms with Crippen LogP contribution in [0.4, 0.5) is 11.4 Å². The molecule has 5 atom stereocenters. The second-order valence-electron chi connectivity index (χ2n) is 13.2. The van der Waals surface area contributed by atoms with E-state index in [4.69, 9.17) is 0 Å². The van der Waals surface area contributed by atoms with Gasteiger partial charge in [-0.05, 0) is 67.6 Å². The van der Waals surface area contributed by atoms with E-state index in [1.54, 1.807) is 33.7 Å². The van der Waals surface area contributed by atoms with Gasteiger partial charge in [-0.3, -0.25) is 14.4 Å². The quantitative estimate of drug-likeness (QED) is 0.157. The van der Waals surface area contributed by atoms with Gasteiger partial charge in [0.25, 0.3) is 5.91 Å². The van der Waals surface area contributed by atoms with Gasteiger partial charge >= 0.3 is 0 Å². The lowest BCUT2D eigenvalue weighted by Crippen LogP contribution is -2.55. The van der Waals surface area contributed by atoms with Crippen molar-refractivity contribution < 1.29 is 19.5 Å². The molecule has 3 aliphatic heterocycles. The van der Waals surface area contributed by atoms with Crippen LogP contribution < -0.4 is 9.80 Å². The van der Waals surface area contributed by atoms with Crippen molar-refractivity contribution in [2.75, 3.05) is 36.0 Å². The SMILES string of the molecule is C=CCN(C(=O)C1N(CCCCCCO)C(=O)[C@@H]2[C@@H](C(=O)N(CC=C)c3ccccc3)[C@@]3(C)CCC12S3)c1ccc2ccccc2c1. The number of nitrogens with zero attached hydrogens (tertiary/aromatic N) is 3. The smallest absolute Gasteiger partial charge is 0.251 e. The van der Waals surface area contributed by atoms with E-state index in [-0.39, 0.29) is 24.3 Å². The van der Waals surface area contributed by atoms with Crippen molar-refractivity contribution in [3.05, 3.63) is 98.1 Å². The van der Waals surface area contributed by atoms with Crippen LogP contribution in [0.2, 0.25) is 0 Å². The van der Waals surface area contributed by atoms with Gasteiger partial charge < -0.3 is 19.8 Å². The van der Waals surface area contributed by atoms with Crippen LogP contribution >= 0.6 is 11.8 Å². The fraction of sp³-hybridized carbons (Fsp3) is 0.410. The van der Waals surface area contributed by atoms with E-state index < -0.39 is 27.4 Å². The zero-order valence-electron chi connectivity index (χ0n) is 27.2. The molecule has 3 saturated heterocycles. The lowest BCUT2D eigenvalue weighted by atomic mass is 9.66. The molecule has 6 rings (SSSR count). The number of rotatable bonds is 14. The predicted octanol–water partition coefficient (Wildman–Crippen LogP) is 6.61. The summed E-state index contributed by atoms with van der Waals surface area (Å²) in [5.74, 6) is -1.48. The Balaban J connectivity index is 1.40. The third kappa shape index (κ3) is 5.80. The number of fused-ring (bicyclic) bond motifs is 2.